The monoisotopic (exact) mass is 526 g/mol. The van der Waals surface area contributed by atoms with Crippen molar-refractivity contribution in [2.24, 2.45) is 0 Å². The summed E-state index contributed by atoms with van der Waals surface area (Å²) in [5.41, 5.74) is 3.75. The summed E-state index contributed by atoms with van der Waals surface area (Å²) in [6, 6.07) is 11.4. The average molecular weight is 527 g/mol. The van der Waals surface area contributed by atoms with Gasteiger partial charge in [0, 0.05) is 24.9 Å². The molecule has 0 spiro atoms. The van der Waals surface area contributed by atoms with Gasteiger partial charge in [-0.2, -0.15) is 0 Å². The molecule has 1 aliphatic carbocycles. The van der Waals surface area contributed by atoms with E-state index in [-0.39, 0.29) is 5.91 Å². The summed E-state index contributed by atoms with van der Waals surface area (Å²) in [7, 11) is 1.66. The van der Waals surface area contributed by atoms with Gasteiger partial charge in [-0.3, -0.25) is 10.1 Å². The molecule has 0 unspecified atom stereocenters. The number of benzene rings is 2. The van der Waals surface area contributed by atoms with E-state index in [4.69, 9.17) is 4.74 Å². The summed E-state index contributed by atoms with van der Waals surface area (Å²) in [5, 5.41) is 3.54. The Morgan fingerprint density at radius 3 is 2.88 bits per heavy atom. The molecule has 1 amide bonds. The van der Waals surface area contributed by atoms with E-state index in [0.717, 1.165) is 36.3 Å². The minimum atomic E-state index is -0.140. The average Bonchev–Trinajstić information content (AvgIpc) is 3.14. The third-order valence-electron chi connectivity index (χ3n) is 4.05. The topological polar surface area (TPSA) is 51.2 Å². The molecule has 1 aromatic heterocycles. The Bertz CT molecular complexity index is 1000. The highest BCUT2D eigenvalue weighted by Gasteiger charge is 2.29. The Morgan fingerprint density at radius 2 is 2.12 bits per heavy atom. The van der Waals surface area contributed by atoms with E-state index in [9.17, 15) is 4.79 Å². The molecule has 7 heteroatoms. The van der Waals surface area contributed by atoms with Gasteiger partial charge >= 0.3 is 0 Å². The maximum Gasteiger partial charge on any atom is 0.258 e. The lowest BCUT2D eigenvalue weighted by Gasteiger charge is -2.09. The lowest BCUT2D eigenvalue weighted by atomic mass is 10.1. The molecule has 0 radical (unpaired) electrons. The van der Waals surface area contributed by atoms with Gasteiger partial charge in [0.15, 0.2) is 5.13 Å². The minimum absolute atomic E-state index is 0.140. The number of hydrogen-bond donors (Lipinski definition) is 1. The number of carbonyl (C=O) groups excluding carboxylic acids is 1. The van der Waals surface area contributed by atoms with Crippen LogP contribution in [0.4, 0.5) is 5.13 Å². The SMILES string of the molecule is COc1ccc(Br)c2c1-c1nc(NC(=O)c3ccccc3I)sc1C2. The van der Waals surface area contributed by atoms with Crippen molar-refractivity contribution in [1.29, 1.82) is 0 Å². The second-order valence-corrected chi connectivity index (χ2v) is 8.60. The zero-order chi connectivity index (χ0) is 17.6. The van der Waals surface area contributed by atoms with Crippen LogP contribution < -0.4 is 10.1 Å². The Labute approximate surface area is 170 Å². The first-order chi connectivity index (χ1) is 12.1. The van der Waals surface area contributed by atoms with Crippen molar-refractivity contribution in [3.63, 3.8) is 0 Å². The molecule has 126 valence electrons. The smallest absolute Gasteiger partial charge is 0.258 e. The van der Waals surface area contributed by atoms with Crippen LogP contribution in [0.3, 0.4) is 0 Å². The molecule has 0 bridgehead atoms. The number of nitrogens with one attached hydrogen (secondary N) is 1. The van der Waals surface area contributed by atoms with Crippen molar-refractivity contribution in [3.05, 3.63) is 60.4 Å². The van der Waals surface area contributed by atoms with Gasteiger partial charge in [0.05, 0.1) is 18.4 Å². The Morgan fingerprint density at radius 1 is 1.32 bits per heavy atom. The van der Waals surface area contributed by atoms with Crippen molar-refractivity contribution >= 4 is 60.9 Å². The molecule has 2 aromatic carbocycles. The van der Waals surface area contributed by atoms with Crippen LogP contribution in [0.15, 0.2) is 40.9 Å². The summed E-state index contributed by atoms with van der Waals surface area (Å²) in [5.74, 6) is 0.664. The molecule has 3 aromatic rings. The van der Waals surface area contributed by atoms with Crippen LogP contribution in [0.5, 0.6) is 5.75 Å². The van der Waals surface area contributed by atoms with Crippen LogP contribution >= 0.6 is 49.9 Å². The molecular formula is C18H12BrIN2O2S. The fourth-order valence-electron chi connectivity index (χ4n) is 2.89. The van der Waals surface area contributed by atoms with E-state index in [0.29, 0.717) is 10.7 Å². The van der Waals surface area contributed by atoms with E-state index < -0.39 is 0 Å². The maximum atomic E-state index is 12.5. The number of anilines is 1. The van der Waals surface area contributed by atoms with Crippen molar-refractivity contribution in [1.82, 2.24) is 4.98 Å². The van der Waals surface area contributed by atoms with Gasteiger partial charge in [-0.15, -0.1) is 11.3 Å². The fourth-order valence-corrected chi connectivity index (χ4v) is 4.97. The molecule has 25 heavy (non-hydrogen) atoms. The minimum Gasteiger partial charge on any atom is -0.496 e. The fraction of sp³-hybridized carbons (Fsp3) is 0.111. The third kappa shape index (κ3) is 2.98. The highest BCUT2D eigenvalue weighted by molar-refractivity contribution is 14.1. The number of hydrogen-bond acceptors (Lipinski definition) is 4. The van der Waals surface area contributed by atoms with Gasteiger partial charge in [-0.25, -0.2) is 4.98 Å². The summed E-state index contributed by atoms with van der Waals surface area (Å²) < 4.78 is 7.47. The van der Waals surface area contributed by atoms with Gasteiger partial charge in [0.1, 0.15) is 5.75 Å². The molecule has 0 fully saturated rings. The Balaban J connectivity index is 1.68. The molecule has 1 aliphatic rings. The van der Waals surface area contributed by atoms with Gasteiger partial charge in [-0.05, 0) is 52.4 Å². The van der Waals surface area contributed by atoms with Crippen LogP contribution in [-0.4, -0.2) is 18.0 Å². The van der Waals surface area contributed by atoms with Crippen LogP contribution in [0.2, 0.25) is 0 Å². The predicted molar refractivity (Wildman–Crippen MR) is 112 cm³/mol. The van der Waals surface area contributed by atoms with Crippen molar-refractivity contribution < 1.29 is 9.53 Å². The van der Waals surface area contributed by atoms with Gasteiger partial charge in [-0.1, -0.05) is 28.1 Å². The summed E-state index contributed by atoms with van der Waals surface area (Å²) >= 11 is 7.28. The normalized spacial score (nSPS) is 11.8. The largest absolute Gasteiger partial charge is 0.496 e. The summed E-state index contributed by atoms with van der Waals surface area (Å²) in [6.45, 7) is 0. The molecule has 0 saturated carbocycles. The summed E-state index contributed by atoms with van der Waals surface area (Å²) in [6.07, 6.45) is 0.791. The van der Waals surface area contributed by atoms with E-state index in [1.54, 1.807) is 7.11 Å². The second-order valence-electron chi connectivity index (χ2n) is 5.50. The summed E-state index contributed by atoms with van der Waals surface area (Å²) in [4.78, 5) is 18.3. The number of carbonyl (C=O) groups is 1. The number of amides is 1. The molecular weight excluding hydrogens is 515 g/mol. The quantitative estimate of drug-likeness (QED) is 0.366. The molecule has 0 aliphatic heterocycles. The number of halogens is 2. The zero-order valence-electron chi connectivity index (χ0n) is 13.1. The highest BCUT2D eigenvalue weighted by Crippen LogP contribution is 2.48. The van der Waals surface area contributed by atoms with Crippen molar-refractivity contribution in [2.45, 2.75) is 6.42 Å². The lowest BCUT2D eigenvalue weighted by Crippen LogP contribution is -2.13. The number of methoxy groups -OCH3 is 1. The third-order valence-corrected chi connectivity index (χ3v) is 6.70. The van der Waals surface area contributed by atoms with Crippen molar-refractivity contribution in [2.75, 3.05) is 12.4 Å². The first-order valence-corrected chi connectivity index (χ1v) is 10.2. The second kappa shape index (κ2) is 6.69. The number of fused-ring (bicyclic) bond motifs is 3. The molecule has 0 atom stereocenters. The van der Waals surface area contributed by atoms with Gasteiger partial charge in [0.25, 0.3) is 5.91 Å². The molecule has 0 saturated heterocycles. The Kier molecular flexibility index (Phi) is 4.55. The number of nitrogens with zero attached hydrogens (tertiary/aromatic N) is 1. The number of aromatic nitrogens is 1. The van der Waals surface area contributed by atoms with Gasteiger partial charge in [0.2, 0.25) is 0 Å². The molecule has 4 rings (SSSR count). The highest BCUT2D eigenvalue weighted by atomic mass is 127. The predicted octanol–water partition coefficient (Wildman–Crippen LogP) is 5.34. The van der Waals surface area contributed by atoms with E-state index in [1.807, 2.05) is 36.4 Å². The van der Waals surface area contributed by atoms with E-state index in [2.05, 4.69) is 48.8 Å². The number of rotatable bonds is 3. The molecule has 4 nitrogen and oxygen atoms in total. The molecule has 1 N–H and O–H groups in total. The van der Waals surface area contributed by atoms with Crippen LogP contribution in [0.25, 0.3) is 11.3 Å². The van der Waals surface area contributed by atoms with Crippen LogP contribution in [-0.2, 0) is 6.42 Å². The number of thiazole rings is 1. The first kappa shape index (κ1) is 17.0. The lowest BCUT2D eigenvalue weighted by molar-refractivity contribution is 0.102. The van der Waals surface area contributed by atoms with E-state index >= 15 is 0 Å². The first-order valence-electron chi connectivity index (χ1n) is 7.50. The van der Waals surface area contributed by atoms with Crippen LogP contribution in [0, 0.1) is 3.57 Å². The van der Waals surface area contributed by atoms with Crippen LogP contribution in [0.1, 0.15) is 20.8 Å². The van der Waals surface area contributed by atoms with E-state index in [1.165, 1.54) is 16.9 Å². The number of ether oxygens (including phenoxy) is 1. The maximum absolute atomic E-state index is 12.5. The van der Waals surface area contributed by atoms with Gasteiger partial charge < -0.3 is 4.74 Å². The standard InChI is InChI=1S/C18H12BrIN2O2S/c1-24-13-7-6-11(19)10-8-14-16(15(10)13)21-18(25-14)22-17(23)9-4-2-3-5-12(9)20/h2-7H,8H2,1H3,(H,21,22,23). The molecule has 1 heterocycles. The Hall–Kier alpha value is -1.45. The zero-order valence-corrected chi connectivity index (χ0v) is 17.7. The van der Waals surface area contributed by atoms with Crippen molar-refractivity contribution in [3.8, 4) is 17.0 Å².